The fourth-order valence-electron chi connectivity index (χ4n) is 6.65. The molecule has 0 fully saturated rings. The van der Waals surface area contributed by atoms with Gasteiger partial charge in [0.2, 0.25) is 0 Å². The summed E-state index contributed by atoms with van der Waals surface area (Å²) in [6.07, 6.45) is 13.2. The van der Waals surface area contributed by atoms with Crippen LogP contribution in [-0.4, -0.2) is 19.9 Å². The van der Waals surface area contributed by atoms with E-state index in [9.17, 15) is 0 Å². The summed E-state index contributed by atoms with van der Waals surface area (Å²) in [5.41, 5.74) is 11.8. The standard InChI is InChI=1S/C41H30N4/c1-41(30-11-3-2-4-12-30)22-21-33-34(25-41)40(29-18-20-38(45-27-29)36-16-8-10-24-43-36)32-14-6-5-13-31(32)39(33)28-17-19-37(44-26-28)35-15-7-9-23-42-35/h2-24,26-27H,25H2,1H3. The van der Waals surface area contributed by atoms with Crippen LogP contribution in [0, 0.1) is 0 Å². The summed E-state index contributed by atoms with van der Waals surface area (Å²) in [5.74, 6) is 0. The van der Waals surface area contributed by atoms with E-state index in [0.717, 1.165) is 40.3 Å². The predicted molar refractivity (Wildman–Crippen MR) is 183 cm³/mol. The number of hydrogen-bond acceptors (Lipinski definition) is 4. The van der Waals surface area contributed by atoms with Crippen LogP contribution in [0.15, 0.2) is 146 Å². The highest BCUT2D eigenvalue weighted by Crippen LogP contribution is 2.48. The van der Waals surface area contributed by atoms with E-state index in [-0.39, 0.29) is 5.41 Å². The van der Waals surface area contributed by atoms with Crippen molar-refractivity contribution in [2.75, 3.05) is 0 Å². The SMILES string of the molecule is CC1(c2ccccc2)C=Cc2c(c(-c3ccc(-c4ccccn4)nc3)c3ccccc3c2-c2ccc(-c3ccccn3)nc2)C1. The van der Waals surface area contributed by atoms with Crippen molar-refractivity contribution in [2.45, 2.75) is 18.8 Å². The van der Waals surface area contributed by atoms with Gasteiger partial charge in [-0.3, -0.25) is 19.9 Å². The first-order valence-electron chi connectivity index (χ1n) is 15.3. The molecule has 4 nitrogen and oxygen atoms in total. The lowest BCUT2D eigenvalue weighted by atomic mass is 9.69. The molecule has 7 aromatic rings. The molecule has 0 amide bonds. The Bertz CT molecular complexity index is 2160. The van der Waals surface area contributed by atoms with Crippen molar-refractivity contribution in [3.8, 4) is 45.0 Å². The molecule has 0 N–H and O–H groups in total. The molecule has 3 aromatic carbocycles. The van der Waals surface area contributed by atoms with Crippen molar-refractivity contribution in [1.29, 1.82) is 0 Å². The first kappa shape index (κ1) is 26.9. The normalized spacial score (nSPS) is 15.6. The number of nitrogens with zero attached hydrogens (tertiary/aromatic N) is 4. The second-order valence-electron chi connectivity index (χ2n) is 11.8. The molecule has 1 atom stereocenters. The van der Waals surface area contributed by atoms with Gasteiger partial charge in [-0.05, 0) is 81.4 Å². The zero-order chi connectivity index (χ0) is 30.2. The van der Waals surface area contributed by atoms with Crippen molar-refractivity contribution in [3.05, 3.63) is 163 Å². The highest BCUT2D eigenvalue weighted by molar-refractivity contribution is 6.10. The maximum Gasteiger partial charge on any atom is 0.0886 e. The average Bonchev–Trinajstić information content (AvgIpc) is 3.12. The molecule has 45 heavy (non-hydrogen) atoms. The smallest absolute Gasteiger partial charge is 0.0886 e. The van der Waals surface area contributed by atoms with Crippen molar-refractivity contribution in [1.82, 2.24) is 19.9 Å². The third-order valence-electron chi connectivity index (χ3n) is 8.92. The number of fused-ring (bicyclic) bond motifs is 2. The molecule has 4 heterocycles. The van der Waals surface area contributed by atoms with Crippen LogP contribution >= 0.6 is 0 Å². The Morgan fingerprint density at radius 1 is 0.511 bits per heavy atom. The van der Waals surface area contributed by atoms with Crippen molar-refractivity contribution in [2.24, 2.45) is 0 Å². The molecule has 8 rings (SSSR count). The van der Waals surface area contributed by atoms with Gasteiger partial charge in [-0.1, -0.05) is 97.9 Å². The first-order valence-corrected chi connectivity index (χ1v) is 15.3. The zero-order valence-corrected chi connectivity index (χ0v) is 24.9. The molecular formula is C41H30N4. The van der Waals surface area contributed by atoms with E-state index in [1.165, 1.54) is 38.6 Å². The van der Waals surface area contributed by atoms with Crippen molar-refractivity contribution < 1.29 is 0 Å². The minimum atomic E-state index is -0.162. The molecule has 214 valence electrons. The first-order chi connectivity index (χ1) is 22.2. The molecule has 0 spiro atoms. The minimum Gasteiger partial charge on any atom is -0.255 e. The molecule has 0 saturated carbocycles. The number of allylic oxidation sites excluding steroid dienone is 1. The summed E-state index contributed by atoms with van der Waals surface area (Å²) in [6.45, 7) is 2.34. The summed E-state index contributed by atoms with van der Waals surface area (Å²) in [4.78, 5) is 18.8. The minimum absolute atomic E-state index is 0.162. The molecule has 0 radical (unpaired) electrons. The molecule has 4 heteroatoms. The maximum atomic E-state index is 4.90. The van der Waals surface area contributed by atoms with E-state index in [2.05, 4.69) is 108 Å². The fraction of sp³-hybridized carbons (Fsp3) is 0.0732. The van der Waals surface area contributed by atoms with E-state index in [4.69, 9.17) is 9.97 Å². The number of benzene rings is 3. The predicted octanol–water partition coefficient (Wildman–Crippen LogP) is 9.61. The van der Waals surface area contributed by atoms with E-state index >= 15 is 0 Å². The Balaban J connectivity index is 1.35. The van der Waals surface area contributed by atoms with Gasteiger partial charge in [0.25, 0.3) is 0 Å². The van der Waals surface area contributed by atoms with E-state index in [1.807, 2.05) is 55.0 Å². The quantitative estimate of drug-likeness (QED) is 0.204. The monoisotopic (exact) mass is 578 g/mol. The van der Waals surface area contributed by atoms with Crippen LogP contribution < -0.4 is 0 Å². The van der Waals surface area contributed by atoms with Gasteiger partial charge in [-0.25, -0.2) is 0 Å². The summed E-state index contributed by atoms with van der Waals surface area (Å²) in [6, 6.07) is 39.9. The van der Waals surface area contributed by atoms with Crippen LogP contribution in [0.3, 0.4) is 0 Å². The number of pyridine rings is 4. The summed E-state index contributed by atoms with van der Waals surface area (Å²) in [7, 11) is 0. The average molecular weight is 579 g/mol. The van der Waals surface area contributed by atoms with Gasteiger partial charge in [0.05, 0.1) is 22.8 Å². The lowest BCUT2D eigenvalue weighted by molar-refractivity contribution is 0.588. The van der Waals surface area contributed by atoms with Crippen LogP contribution in [0.2, 0.25) is 0 Å². The van der Waals surface area contributed by atoms with Crippen LogP contribution in [0.5, 0.6) is 0 Å². The summed E-state index contributed by atoms with van der Waals surface area (Å²) >= 11 is 0. The molecule has 0 bridgehead atoms. The van der Waals surface area contributed by atoms with Gasteiger partial charge in [-0.2, -0.15) is 0 Å². The third-order valence-corrected chi connectivity index (χ3v) is 8.92. The van der Waals surface area contributed by atoms with E-state index in [1.54, 1.807) is 6.20 Å². The molecule has 1 aliphatic rings. The molecule has 4 aromatic heterocycles. The van der Waals surface area contributed by atoms with Gasteiger partial charge in [0.1, 0.15) is 0 Å². The second kappa shape index (κ2) is 11.1. The molecule has 0 saturated heterocycles. The highest BCUT2D eigenvalue weighted by atomic mass is 14.8. The van der Waals surface area contributed by atoms with Crippen LogP contribution in [0.1, 0.15) is 23.6 Å². The van der Waals surface area contributed by atoms with Gasteiger partial charge in [0.15, 0.2) is 0 Å². The summed E-state index contributed by atoms with van der Waals surface area (Å²) in [5, 5.41) is 2.40. The maximum absolute atomic E-state index is 4.90. The largest absolute Gasteiger partial charge is 0.255 e. The lowest BCUT2D eigenvalue weighted by Crippen LogP contribution is -2.26. The Hall–Kier alpha value is -5.74. The van der Waals surface area contributed by atoms with Gasteiger partial charge in [0, 0.05) is 41.3 Å². The van der Waals surface area contributed by atoms with Crippen LogP contribution in [0.4, 0.5) is 0 Å². The second-order valence-corrected chi connectivity index (χ2v) is 11.8. The number of hydrogen-bond donors (Lipinski definition) is 0. The van der Waals surface area contributed by atoms with Crippen LogP contribution in [0.25, 0.3) is 61.9 Å². The number of rotatable bonds is 5. The van der Waals surface area contributed by atoms with Crippen molar-refractivity contribution in [3.63, 3.8) is 0 Å². The zero-order valence-electron chi connectivity index (χ0n) is 24.9. The van der Waals surface area contributed by atoms with E-state index < -0.39 is 0 Å². The molecule has 1 aliphatic carbocycles. The lowest BCUT2D eigenvalue weighted by Gasteiger charge is -2.34. The Labute approximate surface area is 262 Å². The fourth-order valence-corrected chi connectivity index (χ4v) is 6.65. The van der Waals surface area contributed by atoms with Gasteiger partial charge < -0.3 is 0 Å². The Morgan fingerprint density at radius 2 is 1.04 bits per heavy atom. The third kappa shape index (κ3) is 4.81. The Morgan fingerprint density at radius 3 is 1.60 bits per heavy atom. The Kier molecular flexibility index (Phi) is 6.61. The molecule has 1 unspecified atom stereocenters. The highest BCUT2D eigenvalue weighted by Gasteiger charge is 2.32. The van der Waals surface area contributed by atoms with Gasteiger partial charge >= 0.3 is 0 Å². The van der Waals surface area contributed by atoms with Crippen molar-refractivity contribution >= 4 is 16.8 Å². The molecule has 0 aliphatic heterocycles. The number of aromatic nitrogens is 4. The topological polar surface area (TPSA) is 51.6 Å². The summed E-state index contributed by atoms with van der Waals surface area (Å²) < 4.78 is 0. The van der Waals surface area contributed by atoms with E-state index in [0.29, 0.717) is 0 Å². The van der Waals surface area contributed by atoms with Gasteiger partial charge in [-0.15, -0.1) is 0 Å². The molecular weight excluding hydrogens is 548 g/mol. The van der Waals surface area contributed by atoms with Crippen LogP contribution in [-0.2, 0) is 11.8 Å².